The van der Waals surface area contributed by atoms with Crippen molar-refractivity contribution in [3.8, 4) is 0 Å². The fourth-order valence-electron chi connectivity index (χ4n) is 3.55. The molecule has 3 N–H and O–H groups in total. The molecule has 150 valence electrons. The zero-order chi connectivity index (χ0) is 19.4. The number of primary sulfonamides is 1. The molecule has 1 aromatic rings. The van der Waals surface area contributed by atoms with Crippen LogP contribution >= 0.6 is 0 Å². The van der Waals surface area contributed by atoms with Gasteiger partial charge in [0.1, 0.15) is 0 Å². The van der Waals surface area contributed by atoms with Crippen molar-refractivity contribution in [2.45, 2.75) is 36.8 Å². The predicted octanol–water partition coefficient (Wildman–Crippen LogP) is 0.458. The molecule has 2 heterocycles. The minimum absolute atomic E-state index is 0.0240. The lowest BCUT2D eigenvalue weighted by atomic mass is 10.2. The molecule has 0 bridgehead atoms. The summed E-state index contributed by atoms with van der Waals surface area (Å²) >= 11 is 0. The van der Waals surface area contributed by atoms with E-state index in [1.807, 2.05) is 6.92 Å². The molecule has 0 saturated carbocycles. The Morgan fingerprint density at radius 2 is 1.93 bits per heavy atom. The number of hydrogen-bond donors (Lipinski definition) is 2. The lowest BCUT2D eigenvalue weighted by Gasteiger charge is -2.38. The highest BCUT2D eigenvalue weighted by atomic mass is 32.2. The Morgan fingerprint density at radius 3 is 2.48 bits per heavy atom. The topological polar surface area (TPSA) is 105 Å². The van der Waals surface area contributed by atoms with E-state index in [0.29, 0.717) is 11.8 Å². The lowest BCUT2D eigenvalue weighted by Crippen LogP contribution is -2.53. The minimum Gasteiger partial charge on any atom is -0.377 e. The first-order valence-corrected chi connectivity index (χ1v) is 10.9. The molecule has 0 spiro atoms. The van der Waals surface area contributed by atoms with Gasteiger partial charge < -0.3 is 10.1 Å². The SMILES string of the molecule is C[C@H](C(=O)Nc1ccc(S(N)(=O)=O)cc1)N1CCN(C[C@@H]2CCCO2)CC1. The van der Waals surface area contributed by atoms with Crippen molar-refractivity contribution in [3.63, 3.8) is 0 Å². The van der Waals surface area contributed by atoms with E-state index in [2.05, 4.69) is 15.1 Å². The number of nitrogens with two attached hydrogens (primary N) is 1. The summed E-state index contributed by atoms with van der Waals surface area (Å²) in [7, 11) is -3.73. The van der Waals surface area contributed by atoms with Crippen LogP contribution in [0.4, 0.5) is 5.69 Å². The second-order valence-corrected chi connectivity index (χ2v) is 8.77. The molecule has 2 aliphatic rings. The molecule has 2 atom stereocenters. The highest BCUT2D eigenvalue weighted by Crippen LogP contribution is 2.16. The van der Waals surface area contributed by atoms with E-state index >= 15 is 0 Å². The molecule has 2 saturated heterocycles. The number of carbonyl (C=O) groups excluding carboxylic acids is 1. The molecule has 0 radical (unpaired) electrons. The van der Waals surface area contributed by atoms with Gasteiger partial charge in [0.25, 0.3) is 0 Å². The van der Waals surface area contributed by atoms with E-state index in [-0.39, 0.29) is 16.8 Å². The van der Waals surface area contributed by atoms with Gasteiger partial charge in [0.2, 0.25) is 15.9 Å². The van der Waals surface area contributed by atoms with E-state index in [4.69, 9.17) is 9.88 Å². The van der Waals surface area contributed by atoms with Crippen LogP contribution in [0.3, 0.4) is 0 Å². The molecule has 9 heteroatoms. The van der Waals surface area contributed by atoms with Crippen LogP contribution in [-0.4, -0.2) is 75.6 Å². The number of sulfonamides is 1. The maximum Gasteiger partial charge on any atom is 0.241 e. The molecule has 0 aromatic heterocycles. The number of carbonyl (C=O) groups is 1. The number of anilines is 1. The number of ether oxygens (including phenoxy) is 1. The molecule has 0 unspecified atom stereocenters. The van der Waals surface area contributed by atoms with Crippen LogP contribution in [-0.2, 0) is 19.6 Å². The third-order valence-electron chi connectivity index (χ3n) is 5.27. The van der Waals surface area contributed by atoms with E-state index in [9.17, 15) is 13.2 Å². The van der Waals surface area contributed by atoms with Crippen LogP contribution in [0, 0.1) is 0 Å². The highest BCUT2D eigenvalue weighted by Gasteiger charge is 2.27. The van der Waals surface area contributed by atoms with Gasteiger partial charge in [-0.05, 0) is 44.0 Å². The van der Waals surface area contributed by atoms with Crippen molar-refractivity contribution in [3.05, 3.63) is 24.3 Å². The third-order valence-corrected chi connectivity index (χ3v) is 6.20. The summed E-state index contributed by atoms with van der Waals surface area (Å²) in [6.07, 6.45) is 2.65. The molecule has 1 aromatic carbocycles. The van der Waals surface area contributed by atoms with Crippen molar-refractivity contribution >= 4 is 21.6 Å². The van der Waals surface area contributed by atoms with Crippen molar-refractivity contribution in [1.82, 2.24) is 9.80 Å². The molecule has 8 nitrogen and oxygen atoms in total. The standard InChI is InChI=1S/C18H28N4O4S/c1-14(18(23)20-15-4-6-17(7-5-15)27(19,24)25)22-10-8-21(9-11-22)13-16-3-2-12-26-16/h4-7,14,16H,2-3,8-13H2,1H3,(H,20,23)(H2,19,24,25)/t14-,16+/m1/s1. The van der Waals surface area contributed by atoms with Crippen molar-refractivity contribution in [1.29, 1.82) is 0 Å². The van der Waals surface area contributed by atoms with Gasteiger partial charge in [0.05, 0.1) is 17.0 Å². The second kappa shape index (κ2) is 8.66. The molecule has 1 amide bonds. The first-order valence-electron chi connectivity index (χ1n) is 9.34. The molecular weight excluding hydrogens is 368 g/mol. The Kier molecular flexibility index (Phi) is 6.48. The second-order valence-electron chi connectivity index (χ2n) is 7.21. The van der Waals surface area contributed by atoms with E-state index in [0.717, 1.165) is 52.2 Å². The van der Waals surface area contributed by atoms with Gasteiger partial charge in [-0.3, -0.25) is 14.6 Å². The summed E-state index contributed by atoms with van der Waals surface area (Å²) in [5.74, 6) is -0.106. The molecule has 2 fully saturated rings. The van der Waals surface area contributed by atoms with Crippen LogP contribution in [0.1, 0.15) is 19.8 Å². The third kappa shape index (κ3) is 5.49. The Bertz CT molecular complexity index is 739. The largest absolute Gasteiger partial charge is 0.377 e. The number of benzene rings is 1. The Morgan fingerprint density at radius 1 is 1.26 bits per heavy atom. The maximum absolute atomic E-state index is 12.5. The van der Waals surface area contributed by atoms with Crippen molar-refractivity contribution in [2.24, 2.45) is 5.14 Å². The zero-order valence-corrected chi connectivity index (χ0v) is 16.5. The predicted molar refractivity (Wildman–Crippen MR) is 103 cm³/mol. The summed E-state index contributed by atoms with van der Waals surface area (Å²) in [6.45, 7) is 7.28. The first kappa shape index (κ1) is 20.2. The smallest absolute Gasteiger partial charge is 0.241 e. The molecule has 2 aliphatic heterocycles. The van der Waals surface area contributed by atoms with E-state index < -0.39 is 10.0 Å². The van der Waals surface area contributed by atoms with Crippen LogP contribution in [0.15, 0.2) is 29.2 Å². The molecular formula is C18H28N4O4S. The average Bonchev–Trinajstić information content (AvgIpc) is 3.14. The Balaban J connectivity index is 1.47. The van der Waals surface area contributed by atoms with Crippen LogP contribution in [0.25, 0.3) is 0 Å². The fraction of sp³-hybridized carbons (Fsp3) is 0.611. The van der Waals surface area contributed by atoms with Crippen molar-refractivity contribution < 1.29 is 17.9 Å². The highest BCUT2D eigenvalue weighted by molar-refractivity contribution is 7.89. The number of nitrogens with zero attached hydrogens (tertiary/aromatic N) is 2. The number of rotatable bonds is 6. The summed E-state index contributed by atoms with van der Waals surface area (Å²) in [5, 5.41) is 7.92. The quantitative estimate of drug-likeness (QED) is 0.724. The Hall–Kier alpha value is -1.52. The molecule has 3 rings (SSSR count). The van der Waals surface area contributed by atoms with Crippen molar-refractivity contribution in [2.75, 3.05) is 44.6 Å². The van der Waals surface area contributed by atoms with E-state index in [1.165, 1.54) is 12.1 Å². The van der Waals surface area contributed by atoms with Gasteiger partial charge in [-0.2, -0.15) is 0 Å². The summed E-state index contributed by atoms with van der Waals surface area (Å²) < 4.78 is 28.3. The normalized spacial score (nSPS) is 23.3. The number of amides is 1. The van der Waals surface area contributed by atoms with Gasteiger partial charge >= 0.3 is 0 Å². The lowest BCUT2D eigenvalue weighted by molar-refractivity contribution is -0.121. The number of hydrogen-bond acceptors (Lipinski definition) is 6. The number of piperazine rings is 1. The van der Waals surface area contributed by atoms with Gasteiger partial charge in [-0.1, -0.05) is 0 Å². The van der Waals surface area contributed by atoms with Gasteiger partial charge in [-0.15, -0.1) is 0 Å². The van der Waals surface area contributed by atoms with Gasteiger partial charge in [0.15, 0.2) is 0 Å². The first-order chi connectivity index (χ1) is 12.8. The van der Waals surface area contributed by atoms with Gasteiger partial charge in [0, 0.05) is 45.0 Å². The maximum atomic E-state index is 12.5. The van der Waals surface area contributed by atoms with Crippen LogP contribution in [0.2, 0.25) is 0 Å². The fourth-order valence-corrected chi connectivity index (χ4v) is 4.07. The number of nitrogens with one attached hydrogen (secondary N) is 1. The minimum atomic E-state index is -3.73. The summed E-state index contributed by atoms with van der Waals surface area (Å²) in [5.41, 5.74) is 0.552. The van der Waals surface area contributed by atoms with Crippen LogP contribution in [0.5, 0.6) is 0 Å². The monoisotopic (exact) mass is 396 g/mol. The summed E-state index contributed by atoms with van der Waals surface area (Å²) in [4.78, 5) is 17.1. The molecule has 27 heavy (non-hydrogen) atoms. The average molecular weight is 397 g/mol. The van der Waals surface area contributed by atoms with Gasteiger partial charge in [-0.25, -0.2) is 13.6 Å². The zero-order valence-electron chi connectivity index (χ0n) is 15.6. The van der Waals surface area contributed by atoms with E-state index in [1.54, 1.807) is 12.1 Å². The van der Waals surface area contributed by atoms with Crippen LogP contribution < -0.4 is 10.5 Å². The summed E-state index contributed by atoms with van der Waals surface area (Å²) in [6, 6.07) is 5.61. The Labute approximate surface area is 160 Å². The molecule has 0 aliphatic carbocycles.